The Bertz CT molecular complexity index is 817. The van der Waals surface area contributed by atoms with E-state index in [9.17, 15) is 10.1 Å². The number of oxime groups is 1. The lowest BCUT2D eigenvalue weighted by atomic mass is 10.1. The molecule has 1 fully saturated rings. The molecule has 148 valence electrons. The van der Waals surface area contributed by atoms with Gasteiger partial charge in [-0.25, -0.2) is 0 Å². The molecule has 1 saturated heterocycles. The third kappa shape index (κ3) is 5.43. The van der Waals surface area contributed by atoms with Crippen LogP contribution in [0.1, 0.15) is 11.1 Å². The molecule has 2 aromatic rings. The van der Waals surface area contributed by atoms with Crippen LogP contribution in [0.4, 0.5) is 11.4 Å². The molecule has 0 amide bonds. The van der Waals surface area contributed by atoms with Gasteiger partial charge in [0.05, 0.1) is 24.4 Å². The van der Waals surface area contributed by atoms with Gasteiger partial charge >= 0.3 is 0 Å². The van der Waals surface area contributed by atoms with Gasteiger partial charge in [0.15, 0.2) is 6.61 Å². The predicted molar refractivity (Wildman–Crippen MR) is 106 cm³/mol. The van der Waals surface area contributed by atoms with Gasteiger partial charge in [-0.2, -0.15) is 0 Å². The van der Waals surface area contributed by atoms with Gasteiger partial charge in [-0.15, -0.1) is 0 Å². The monoisotopic (exact) mass is 385 g/mol. The summed E-state index contributed by atoms with van der Waals surface area (Å²) in [6.07, 6.45) is 1.46. The highest BCUT2D eigenvalue weighted by Gasteiger charge is 2.21. The van der Waals surface area contributed by atoms with Gasteiger partial charge in [0, 0.05) is 24.7 Å². The number of aryl methyl sites for hydroxylation is 1. The Kier molecular flexibility index (Phi) is 6.80. The summed E-state index contributed by atoms with van der Waals surface area (Å²) < 4.78 is 10.8. The van der Waals surface area contributed by atoms with Crippen molar-refractivity contribution < 1.29 is 19.2 Å². The minimum absolute atomic E-state index is 0.0496. The van der Waals surface area contributed by atoms with Crippen molar-refractivity contribution in [3.63, 3.8) is 0 Å². The van der Waals surface area contributed by atoms with Crippen LogP contribution in [0.3, 0.4) is 0 Å². The SMILES string of the molecule is Cc1ccc(OCCO/N=C\c2ccc(N3CCOCC3)c([N+](=O)[O-])c2)cc1. The summed E-state index contributed by atoms with van der Waals surface area (Å²) in [5.41, 5.74) is 2.41. The maximum atomic E-state index is 11.4. The number of anilines is 1. The Hall–Kier alpha value is -3.13. The van der Waals surface area contributed by atoms with E-state index in [2.05, 4.69) is 5.16 Å². The fraction of sp³-hybridized carbons (Fsp3) is 0.350. The van der Waals surface area contributed by atoms with E-state index in [4.69, 9.17) is 14.3 Å². The second kappa shape index (κ2) is 9.70. The molecule has 3 rings (SSSR count). The zero-order valence-electron chi connectivity index (χ0n) is 15.7. The highest BCUT2D eigenvalue weighted by Crippen LogP contribution is 2.29. The van der Waals surface area contributed by atoms with Crippen LogP contribution in [0.25, 0.3) is 0 Å². The fourth-order valence-corrected chi connectivity index (χ4v) is 2.82. The van der Waals surface area contributed by atoms with Crippen LogP contribution in [0.15, 0.2) is 47.6 Å². The van der Waals surface area contributed by atoms with Crippen molar-refractivity contribution in [3.05, 3.63) is 63.7 Å². The van der Waals surface area contributed by atoms with Gasteiger partial charge < -0.3 is 19.2 Å². The van der Waals surface area contributed by atoms with Crippen molar-refractivity contribution in [1.29, 1.82) is 0 Å². The molecule has 1 heterocycles. The minimum atomic E-state index is -0.377. The average Bonchev–Trinajstić information content (AvgIpc) is 2.72. The number of rotatable bonds is 8. The molecule has 1 aliphatic heterocycles. The van der Waals surface area contributed by atoms with Gasteiger partial charge in [-0.1, -0.05) is 28.9 Å². The van der Waals surface area contributed by atoms with E-state index >= 15 is 0 Å². The molecule has 0 saturated carbocycles. The van der Waals surface area contributed by atoms with E-state index in [0.29, 0.717) is 44.2 Å². The topological polar surface area (TPSA) is 86.4 Å². The number of nitro groups is 1. The quantitative estimate of drug-likeness (QED) is 0.300. The minimum Gasteiger partial charge on any atom is -0.490 e. The van der Waals surface area contributed by atoms with Gasteiger partial charge in [-0.3, -0.25) is 10.1 Å². The summed E-state index contributed by atoms with van der Waals surface area (Å²) in [5.74, 6) is 0.771. The first-order valence-corrected chi connectivity index (χ1v) is 9.09. The Labute approximate surface area is 163 Å². The predicted octanol–water partition coefficient (Wildman–Crippen LogP) is 3.17. The summed E-state index contributed by atoms with van der Waals surface area (Å²) in [5, 5.41) is 15.3. The van der Waals surface area contributed by atoms with Crippen molar-refractivity contribution in [2.75, 3.05) is 44.4 Å². The number of nitrogens with zero attached hydrogens (tertiary/aromatic N) is 3. The molecule has 2 aromatic carbocycles. The largest absolute Gasteiger partial charge is 0.490 e. The van der Waals surface area contributed by atoms with E-state index in [0.717, 1.165) is 5.75 Å². The Morgan fingerprint density at radius 2 is 1.93 bits per heavy atom. The van der Waals surface area contributed by atoms with E-state index < -0.39 is 0 Å². The van der Waals surface area contributed by atoms with Crippen LogP contribution in [-0.2, 0) is 9.57 Å². The van der Waals surface area contributed by atoms with Crippen LogP contribution in [0, 0.1) is 17.0 Å². The lowest BCUT2D eigenvalue weighted by Crippen LogP contribution is -2.36. The molecular formula is C20H23N3O5. The molecule has 0 spiro atoms. The zero-order chi connectivity index (χ0) is 19.8. The molecule has 0 N–H and O–H groups in total. The van der Waals surface area contributed by atoms with E-state index in [1.54, 1.807) is 12.1 Å². The van der Waals surface area contributed by atoms with Crippen molar-refractivity contribution in [1.82, 2.24) is 0 Å². The molecule has 0 aromatic heterocycles. The Morgan fingerprint density at radius 3 is 2.64 bits per heavy atom. The second-order valence-corrected chi connectivity index (χ2v) is 6.33. The van der Waals surface area contributed by atoms with E-state index in [1.807, 2.05) is 36.1 Å². The van der Waals surface area contributed by atoms with Gasteiger partial charge in [0.1, 0.15) is 18.0 Å². The molecule has 0 bridgehead atoms. The second-order valence-electron chi connectivity index (χ2n) is 6.33. The third-order valence-corrected chi connectivity index (χ3v) is 4.29. The summed E-state index contributed by atoms with van der Waals surface area (Å²) in [6.45, 7) is 5.06. The smallest absolute Gasteiger partial charge is 0.293 e. The maximum absolute atomic E-state index is 11.4. The highest BCUT2D eigenvalue weighted by atomic mass is 16.6. The molecule has 28 heavy (non-hydrogen) atoms. The average molecular weight is 385 g/mol. The Balaban J connectivity index is 1.52. The normalized spacial score (nSPS) is 14.2. The third-order valence-electron chi connectivity index (χ3n) is 4.29. The van der Waals surface area contributed by atoms with E-state index in [1.165, 1.54) is 17.8 Å². The maximum Gasteiger partial charge on any atom is 0.293 e. The molecule has 0 aliphatic carbocycles. The van der Waals surface area contributed by atoms with Gasteiger partial charge in [-0.05, 0) is 25.1 Å². The molecule has 8 nitrogen and oxygen atoms in total. The first-order chi connectivity index (χ1) is 13.6. The van der Waals surface area contributed by atoms with Crippen molar-refractivity contribution in [2.45, 2.75) is 6.92 Å². The summed E-state index contributed by atoms with van der Waals surface area (Å²) in [7, 11) is 0. The van der Waals surface area contributed by atoms with E-state index in [-0.39, 0.29) is 17.2 Å². The lowest BCUT2D eigenvalue weighted by Gasteiger charge is -2.28. The summed E-state index contributed by atoms with van der Waals surface area (Å²) >= 11 is 0. The highest BCUT2D eigenvalue weighted by molar-refractivity contribution is 5.82. The van der Waals surface area contributed by atoms with Crippen molar-refractivity contribution in [3.8, 4) is 5.75 Å². The fourth-order valence-electron chi connectivity index (χ4n) is 2.82. The zero-order valence-corrected chi connectivity index (χ0v) is 15.7. The molecular weight excluding hydrogens is 362 g/mol. The van der Waals surface area contributed by atoms with Crippen molar-refractivity contribution in [2.24, 2.45) is 5.16 Å². The van der Waals surface area contributed by atoms with Crippen LogP contribution < -0.4 is 9.64 Å². The van der Waals surface area contributed by atoms with Crippen LogP contribution in [0.2, 0.25) is 0 Å². The molecule has 1 aliphatic rings. The standard InChI is InChI=1S/C20H23N3O5/c1-16-2-5-18(6-3-16)27-12-13-28-21-15-17-4-7-19(20(14-17)23(24)25)22-8-10-26-11-9-22/h2-7,14-15H,8-13H2,1H3/b21-15-. The molecule has 0 atom stereocenters. The molecule has 0 unspecified atom stereocenters. The molecule has 8 heteroatoms. The Morgan fingerprint density at radius 1 is 1.18 bits per heavy atom. The summed E-state index contributed by atoms with van der Waals surface area (Å²) in [4.78, 5) is 18.2. The number of hydrogen-bond donors (Lipinski definition) is 0. The first kappa shape index (κ1) is 19.6. The lowest BCUT2D eigenvalue weighted by molar-refractivity contribution is -0.384. The number of benzene rings is 2. The van der Waals surface area contributed by atoms with Crippen LogP contribution in [-0.4, -0.2) is 50.7 Å². The van der Waals surface area contributed by atoms with Crippen molar-refractivity contribution >= 4 is 17.6 Å². The summed E-state index contributed by atoms with van der Waals surface area (Å²) in [6, 6.07) is 12.8. The first-order valence-electron chi connectivity index (χ1n) is 9.09. The number of hydrogen-bond acceptors (Lipinski definition) is 7. The van der Waals surface area contributed by atoms with Crippen LogP contribution >= 0.6 is 0 Å². The number of morpholine rings is 1. The number of nitro benzene ring substituents is 1. The van der Waals surface area contributed by atoms with Gasteiger partial charge in [0.25, 0.3) is 5.69 Å². The molecule has 0 radical (unpaired) electrons. The van der Waals surface area contributed by atoms with Crippen LogP contribution in [0.5, 0.6) is 5.75 Å². The number of ether oxygens (including phenoxy) is 2. The van der Waals surface area contributed by atoms with Gasteiger partial charge in [0.2, 0.25) is 0 Å².